The van der Waals surface area contributed by atoms with Crippen molar-refractivity contribution in [3.63, 3.8) is 0 Å². The van der Waals surface area contributed by atoms with Gasteiger partial charge in [-0.3, -0.25) is 10.1 Å². The number of imide groups is 1. The van der Waals surface area contributed by atoms with Crippen LogP contribution in [0.1, 0.15) is 23.5 Å². The number of urea groups is 1. The van der Waals surface area contributed by atoms with Crippen molar-refractivity contribution in [3.05, 3.63) is 76.8 Å². The number of fused-ring (bicyclic) bond motifs is 1. The van der Waals surface area contributed by atoms with Crippen molar-refractivity contribution in [2.45, 2.75) is 12.3 Å². The number of aliphatic imine (C=N–C) groups is 1. The molecule has 2 aromatic carbocycles. The SMILES string of the molecule is O=C1N=C2C=C(c3ccccc3)CC(c3ccc(Cl)cc3)C2C(=O)N1. The topological polar surface area (TPSA) is 58.5 Å². The summed E-state index contributed by atoms with van der Waals surface area (Å²) in [6.45, 7) is 0. The van der Waals surface area contributed by atoms with Gasteiger partial charge in [0, 0.05) is 10.9 Å². The Kier molecular flexibility index (Phi) is 3.98. The van der Waals surface area contributed by atoms with E-state index in [1.165, 1.54) is 0 Å². The highest BCUT2D eigenvalue weighted by molar-refractivity contribution is 6.30. The first-order valence-corrected chi connectivity index (χ1v) is 8.44. The van der Waals surface area contributed by atoms with Crippen LogP contribution in [0.15, 0.2) is 65.7 Å². The maximum absolute atomic E-state index is 12.5. The number of allylic oxidation sites excluding steroid dienone is 2. The predicted molar refractivity (Wildman–Crippen MR) is 97.7 cm³/mol. The van der Waals surface area contributed by atoms with Crippen molar-refractivity contribution >= 4 is 34.8 Å². The monoisotopic (exact) mass is 350 g/mol. The Morgan fingerprint density at radius 3 is 2.44 bits per heavy atom. The van der Waals surface area contributed by atoms with Crippen molar-refractivity contribution in [1.82, 2.24) is 5.32 Å². The molecule has 2 aliphatic rings. The molecule has 25 heavy (non-hydrogen) atoms. The van der Waals surface area contributed by atoms with Gasteiger partial charge in [0.05, 0.1) is 11.6 Å². The lowest BCUT2D eigenvalue weighted by Crippen LogP contribution is -2.46. The fourth-order valence-electron chi connectivity index (χ4n) is 3.51. The average molecular weight is 351 g/mol. The zero-order valence-corrected chi connectivity index (χ0v) is 14.0. The highest BCUT2D eigenvalue weighted by Gasteiger charge is 2.40. The van der Waals surface area contributed by atoms with Gasteiger partial charge in [0.1, 0.15) is 0 Å². The summed E-state index contributed by atoms with van der Waals surface area (Å²) in [4.78, 5) is 28.2. The van der Waals surface area contributed by atoms with Crippen molar-refractivity contribution in [3.8, 4) is 0 Å². The quantitative estimate of drug-likeness (QED) is 0.881. The van der Waals surface area contributed by atoms with Crippen LogP contribution in [0.4, 0.5) is 4.79 Å². The van der Waals surface area contributed by atoms with Gasteiger partial charge in [0.25, 0.3) is 0 Å². The normalized spacial score (nSPS) is 22.6. The third-order valence-corrected chi connectivity index (χ3v) is 4.92. The number of rotatable bonds is 2. The zero-order chi connectivity index (χ0) is 17.4. The van der Waals surface area contributed by atoms with E-state index >= 15 is 0 Å². The van der Waals surface area contributed by atoms with Crippen molar-refractivity contribution in [2.75, 3.05) is 0 Å². The molecule has 4 nitrogen and oxygen atoms in total. The third kappa shape index (κ3) is 3.01. The van der Waals surface area contributed by atoms with Gasteiger partial charge in [-0.1, -0.05) is 54.1 Å². The molecule has 2 unspecified atom stereocenters. The number of hydrogen-bond acceptors (Lipinski definition) is 2. The molecule has 1 aliphatic heterocycles. The molecule has 0 radical (unpaired) electrons. The molecule has 0 bridgehead atoms. The van der Waals surface area contributed by atoms with Gasteiger partial charge in [-0.05, 0) is 41.3 Å². The maximum Gasteiger partial charge on any atom is 0.347 e. The second kappa shape index (κ2) is 6.30. The molecular formula is C20H15ClN2O2. The molecule has 0 saturated heterocycles. The van der Waals surface area contributed by atoms with Gasteiger partial charge < -0.3 is 0 Å². The lowest BCUT2D eigenvalue weighted by molar-refractivity contribution is -0.122. The van der Waals surface area contributed by atoms with E-state index < -0.39 is 11.9 Å². The van der Waals surface area contributed by atoms with Crippen molar-refractivity contribution < 1.29 is 9.59 Å². The van der Waals surface area contributed by atoms with E-state index in [2.05, 4.69) is 10.3 Å². The fourth-order valence-corrected chi connectivity index (χ4v) is 3.63. The average Bonchev–Trinajstić information content (AvgIpc) is 2.62. The largest absolute Gasteiger partial charge is 0.347 e. The fraction of sp³-hybridized carbons (Fsp3) is 0.150. The first-order chi connectivity index (χ1) is 12.1. The minimum absolute atomic E-state index is 0.0932. The Morgan fingerprint density at radius 2 is 1.72 bits per heavy atom. The number of carbonyl (C=O) groups excluding carboxylic acids is 2. The van der Waals surface area contributed by atoms with Crippen LogP contribution in [0.5, 0.6) is 0 Å². The standard InChI is InChI=1S/C20H15ClN2O2/c21-15-8-6-13(7-9-15)16-10-14(12-4-2-1-3-5-12)11-17-18(16)19(24)23-20(25)22-17/h1-9,11,16,18H,10H2,(H,23,24,25). The molecule has 4 rings (SSSR count). The van der Waals surface area contributed by atoms with E-state index in [4.69, 9.17) is 11.6 Å². The minimum Gasteiger partial charge on any atom is -0.276 e. The first-order valence-electron chi connectivity index (χ1n) is 8.07. The summed E-state index contributed by atoms with van der Waals surface area (Å²) < 4.78 is 0. The molecule has 2 atom stereocenters. The predicted octanol–water partition coefficient (Wildman–Crippen LogP) is 4.22. The third-order valence-electron chi connectivity index (χ3n) is 4.67. The second-order valence-electron chi connectivity index (χ2n) is 6.21. The van der Waals surface area contributed by atoms with Crippen LogP contribution in [-0.2, 0) is 4.79 Å². The Bertz CT molecular complexity index is 901. The minimum atomic E-state index is -0.600. The maximum atomic E-state index is 12.5. The molecule has 124 valence electrons. The summed E-state index contributed by atoms with van der Waals surface area (Å²) in [5, 5.41) is 2.97. The molecule has 0 fully saturated rings. The van der Waals surface area contributed by atoms with Gasteiger partial charge in [-0.2, -0.15) is 4.99 Å². The van der Waals surface area contributed by atoms with Gasteiger partial charge in [0.15, 0.2) is 0 Å². The van der Waals surface area contributed by atoms with E-state index in [9.17, 15) is 9.59 Å². The highest BCUT2D eigenvalue weighted by Crippen LogP contribution is 2.41. The van der Waals surface area contributed by atoms with E-state index in [-0.39, 0.29) is 11.8 Å². The Balaban J connectivity index is 1.82. The number of halogens is 1. The zero-order valence-electron chi connectivity index (χ0n) is 13.3. The summed E-state index contributed by atoms with van der Waals surface area (Å²) >= 11 is 6.00. The summed E-state index contributed by atoms with van der Waals surface area (Å²) in [5.41, 5.74) is 3.67. The van der Waals surface area contributed by atoms with Crippen LogP contribution < -0.4 is 5.32 Å². The van der Waals surface area contributed by atoms with Gasteiger partial charge in [0.2, 0.25) is 5.91 Å². The summed E-state index contributed by atoms with van der Waals surface area (Å²) in [6, 6.07) is 16.9. The lowest BCUT2D eigenvalue weighted by Gasteiger charge is -2.33. The Labute approximate surface area is 150 Å². The second-order valence-corrected chi connectivity index (χ2v) is 6.64. The molecule has 0 aromatic heterocycles. The first kappa shape index (κ1) is 15.8. The Hall–Kier alpha value is -2.72. The van der Waals surface area contributed by atoms with Crippen LogP contribution in [0.25, 0.3) is 5.57 Å². The van der Waals surface area contributed by atoms with Gasteiger partial charge >= 0.3 is 6.03 Å². The molecule has 1 N–H and O–H groups in total. The molecular weight excluding hydrogens is 336 g/mol. The van der Waals surface area contributed by atoms with E-state index in [1.807, 2.05) is 60.7 Å². The number of nitrogens with one attached hydrogen (secondary N) is 1. The summed E-state index contributed by atoms with van der Waals surface area (Å²) in [7, 11) is 0. The molecule has 3 amide bonds. The molecule has 2 aromatic rings. The van der Waals surface area contributed by atoms with E-state index in [0.29, 0.717) is 17.2 Å². The van der Waals surface area contributed by atoms with Gasteiger partial charge in [-0.25, -0.2) is 4.79 Å². The highest BCUT2D eigenvalue weighted by atomic mass is 35.5. The summed E-state index contributed by atoms with van der Waals surface area (Å²) in [6.07, 6.45) is 2.57. The molecule has 1 aliphatic carbocycles. The molecule has 0 spiro atoms. The van der Waals surface area contributed by atoms with Crippen LogP contribution in [0, 0.1) is 5.92 Å². The van der Waals surface area contributed by atoms with Crippen LogP contribution >= 0.6 is 11.6 Å². The molecule has 5 heteroatoms. The Morgan fingerprint density at radius 1 is 1.00 bits per heavy atom. The number of amides is 3. The molecule has 1 heterocycles. The number of hydrogen-bond donors (Lipinski definition) is 1. The van der Waals surface area contributed by atoms with Crippen LogP contribution in [-0.4, -0.2) is 17.6 Å². The summed E-state index contributed by atoms with van der Waals surface area (Å²) in [5.74, 6) is -0.853. The van der Waals surface area contributed by atoms with Gasteiger partial charge in [-0.15, -0.1) is 0 Å². The van der Waals surface area contributed by atoms with E-state index in [0.717, 1.165) is 16.7 Å². The van der Waals surface area contributed by atoms with E-state index in [1.54, 1.807) is 0 Å². The van der Waals surface area contributed by atoms with Crippen LogP contribution in [0.3, 0.4) is 0 Å². The van der Waals surface area contributed by atoms with Crippen LogP contribution in [0.2, 0.25) is 5.02 Å². The van der Waals surface area contributed by atoms with Crippen molar-refractivity contribution in [1.29, 1.82) is 0 Å². The number of benzene rings is 2. The number of nitrogens with zero attached hydrogens (tertiary/aromatic N) is 1. The lowest BCUT2D eigenvalue weighted by atomic mass is 9.72. The van der Waals surface area contributed by atoms with Crippen molar-refractivity contribution in [2.24, 2.45) is 10.9 Å². The smallest absolute Gasteiger partial charge is 0.276 e. The number of carbonyl (C=O) groups is 2. The molecule has 0 saturated carbocycles.